The predicted octanol–water partition coefficient (Wildman–Crippen LogP) is 3.44. The number of nitrogens with zero attached hydrogens (tertiary/aromatic N) is 2. The fourth-order valence-electron chi connectivity index (χ4n) is 2.89. The smallest absolute Gasteiger partial charge is 0.256 e. The fraction of sp³-hybridized carbons (Fsp3) is 0.278. The van der Waals surface area contributed by atoms with Crippen LogP contribution in [0, 0.1) is 5.82 Å². The van der Waals surface area contributed by atoms with Crippen molar-refractivity contribution in [3.8, 4) is 0 Å². The van der Waals surface area contributed by atoms with Crippen molar-refractivity contribution >= 4 is 35.6 Å². The Morgan fingerprint density at radius 2 is 1.84 bits per heavy atom. The molecule has 1 aliphatic heterocycles. The molecule has 25 heavy (non-hydrogen) atoms. The maximum atomic E-state index is 13.9. The molecule has 1 amide bonds. The van der Waals surface area contributed by atoms with E-state index in [1.807, 2.05) is 24.3 Å². The minimum absolute atomic E-state index is 0. The summed E-state index contributed by atoms with van der Waals surface area (Å²) in [6.07, 6.45) is 0. The molecule has 1 saturated heterocycles. The number of nitrogens with two attached hydrogens (primary N) is 1. The van der Waals surface area contributed by atoms with Gasteiger partial charge in [-0.1, -0.05) is 23.7 Å². The lowest BCUT2D eigenvalue weighted by atomic mass is 10.1. The number of carbonyl (C=O) groups excluding carboxylic acids is 1. The molecule has 0 atom stereocenters. The highest BCUT2D eigenvalue weighted by Gasteiger charge is 2.24. The highest BCUT2D eigenvalue weighted by molar-refractivity contribution is 6.30. The van der Waals surface area contributed by atoms with Crippen LogP contribution in [0.3, 0.4) is 0 Å². The molecule has 2 aromatic carbocycles. The summed E-state index contributed by atoms with van der Waals surface area (Å²) in [6, 6.07) is 11.9. The second kappa shape index (κ2) is 8.52. The minimum Gasteiger partial charge on any atom is -0.399 e. The van der Waals surface area contributed by atoms with E-state index >= 15 is 0 Å². The van der Waals surface area contributed by atoms with Gasteiger partial charge in [0, 0.05) is 43.4 Å². The van der Waals surface area contributed by atoms with Crippen molar-refractivity contribution in [3.05, 3.63) is 64.4 Å². The van der Waals surface area contributed by atoms with Gasteiger partial charge in [0.25, 0.3) is 5.91 Å². The van der Waals surface area contributed by atoms with Crippen LogP contribution in [-0.2, 0) is 6.54 Å². The summed E-state index contributed by atoms with van der Waals surface area (Å²) in [5, 5.41) is 0.288. The van der Waals surface area contributed by atoms with Crippen LogP contribution in [0.4, 0.5) is 10.1 Å². The number of hydrogen-bond donors (Lipinski definition) is 1. The average Bonchev–Trinajstić information content (AvgIpc) is 2.55. The number of piperazine rings is 1. The van der Waals surface area contributed by atoms with E-state index in [0.29, 0.717) is 13.1 Å². The van der Waals surface area contributed by atoms with E-state index in [1.165, 1.54) is 18.2 Å². The number of amides is 1. The SMILES string of the molecule is Cl.Nc1cccc(CN2CCN(C(=O)c3ccc(Cl)cc3F)CC2)c1. The Morgan fingerprint density at radius 1 is 1.12 bits per heavy atom. The van der Waals surface area contributed by atoms with Crippen LogP contribution in [0.25, 0.3) is 0 Å². The number of carbonyl (C=O) groups is 1. The zero-order chi connectivity index (χ0) is 17.1. The van der Waals surface area contributed by atoms with Gasteiger partial charge in [-0.3, -0.25) is 9.69 Å². The first kappa shape index (κ1) is 19.5. The average molecular weight is 384 g/mol. The Hall–Kier alpha value is -1.82. The van der Waals surface area contributed by atoms with Gasteiger partial charge < -0.3 is 10.6 Å². The van der Waals surface area contributed by atoms with Gasteiger partial charge in [0.1, 0.15) is 5.82 Å². The van der Waals surface area contributed by atoms with E-state index < -0.39 is 5.82 Å². The molecule has 1 fully saturated rings. The highest BCUT2D eigenvalue weighted by Crippen LogP contribution is 2.18. The van der Waals surface area contributed by atoms with E-state index in [0.717, 1.165) is 30.9 Å². The summed E-state index contributed by atoms with van der Waals surface area (Å²) >= 11 is 5.73. The molecule has 4 nitrogen and oxygen atoms in total. The second-order valence-electron chi connectivity index (χ2n) is 5.94. The summed E-state index contributed by atoms with van der Waals surface area (Å²) in [4.78, 5) is 16.4. The number of anilines is 1. The maximum absolute atomic E-state index is 13.9. The third-order valence-electron chi connectivity index (χ3n) is 4.18. The number of rotatable bonds is 3. The molecule has 0 aromatic heterocycles. The quantitative estimate of drug-likeness (QED) is 0.825. The normalized spacial score (nSPS) is 14.9. The van der Waals surface area contributed by atoms with Crippen LogP contribution >= 0.6 is 24.0 Å². The monoisotopic (exact) mass is 383 g/mol. The van der Waals surface area contributed by atoms with E-state index in [9.17, 15) is 9.18 Å². The zero-order valence-electron chi connectivity index (χ0n) is 13.6. The van der Waals surface area contributed by atoms with E-state index in [2.05, 4.69) is 4.90 Å². The van der Waals surface area contributed by atoms with E-state index in [1.54, 1.807) is 4.90 Å². The molecule has 3 rings (SSSR count). The lowest BCUT2D eigenvalue weighted by molar-refractivity contribution is 0.0624. The number of hydrogen-bond acceptors (Lipinski definition) is 3. The molecule has 0 saturated carbocycles. The first-order valence-corrected chi connectivity index (χ1v) is 8.22. The number of nitrogen functional groups attached to an aromatic ring is 1. The Morgan fingerprint density at radius 3 is 2.48 bits per heavy atom. The van der Waals surface area contributed by atoms with Gasteiger partial charge in [0.05, 0.1) is 5.56 Å². The van der Waals surface area contributed by atoms with E-state index in [4.69, 9.17) is 17.3 Å². The molecule has 134 valence electrons. The van der Waals surface area contributed by atoms with Crippen molar-refractivity contribution in [2.24, 2.45) is 0 Å². The predicted molar refractivity (Wildman–Crippen MR) is 101 cm³/mol. The lowest BCUT2D eigenvalue weighted by Crippen LogP contribution is -2.48. The molecular weight excluding hydrogens is 364 g/mol. The Bertz CT molecular complexity index is 749. The van der Waals surface area contributed by atoms with Gasteiger partial charge in [-0.05, 0) is 35.9 Å². The third-order valence-corrected chi connectivity index (χ3v) is 4.41. The molecule has 0 bridgehead atoms. The summed E-state index contributed by atoms with van der Waals surface area (Å²) in [6.45, 7) is 3.43. The van der Waals surface area contributed by atoms with Crippen LogP contribution in [-0.4, -0.2) is 41.9 Å². The van der Waals surface area contributed by atoms with Crippen molar-refractivity contribution in [2.45, 2.75) is 6.54 Å². The van der Waals surface area contributed by atoms with Crippen molar-refractivity contribution in [1.29, 1.82) is 0 Å². The largest absolute Gasteiger partial charge is 0.399 e. The van der Waals surface area contributed by atoms with Crippen molar-refractivity contribution in [3.63, 3.8) is 0 Å². The summed E-state index contributed by atoms with van der Waals surface area (Å²) in [5.74, 6) is -0.859. The third kappa shape index (κ3) is 4.84. The van der Waals surface area contributed by atoms with Crippen LogP contribution in [0.15, 0.2) is 42.5 Å². The second-order valence-corrected chi connectivity index (χ2v) is 6.37. The summed E-state index contributed by atoms with van der Waals surface area (Å²) < 4.78 is 13.9. The molecule has 2 N–H and O–H groups in total. The van der Waals surface area contributed by atoms with Crippen LogP contribution in [0.1, 0.15) is 15.9 Å². The van der Waals surface area contributed by atoms with Gasteiger partial charge in [0.15, 0.2) is 0 Å². The first-order valence-electron chi connectivity index (χ1n) is 7.84. The summed E-state index contributed by atoms with van der Waals surface area (Å²) in [7, 11) is 0. The zero-order valence-corrected chi connectivity index (χ0v) is 15.2. The Kier molecular flexibility index (Phi) is 6.64. The lowest BCUT2D eigenvalue weighted by Gasteiger charge is -2.34. The fourth-order valence-corrected chi connectivity index (χ4v) is 3.05. The van der Waals surface area contributed by atoms with Gasteiger partial charge in [-0.2, -0.15) is 0 Å². The molecule has 1 aliphatic rings. The molecule has 0 spiro atoms. The van der Waals surface area contributed by atoms with Crippen LogP contribution in [0.2, 0.25) is 5.02 Å². The highest BCUT2D eigenvalue weighted by atomic mass is 35.5. The van der Waals surface area contributed by atoms with Crippen molar-refractivity contribution < 1.29 is 9.18 Å². The van der Waals surface area contributed by atoms with E-state index in [-0.39, 0.29) is 28.9 Å². The minimum atomic E-state index is -0.574. The Balaban J connectivity index is 0.00000225. The topological polar surface area (TPSA) is 49.6 Å². The van der Waals surface area contributed by atoms with Crippen LogP contribution in [0.5, 0.6) is 0 Å². The molecular formula is C18H20Cl2FN3O. The Labute approximate surface area is 157 Å². The molecule has 1 heterocycles. The van der Waals surface area contributed by atoms with Gasteiger partial charge >= 0.3 is 0 Å². The molecule has 0 unspecified atom stereocenters. The molecule has 2 aromatic rings. The van der Waals surface area contributed by atoms with Gasteiger partial charge in [0.2, 0.25) is 0 Å². The standard InChI is InChI=1S/C18H19ClFN3O.ClH/c19-14-4-5-16(17(20)11-14)18(24)23-8-6-22(7-9-23)12-13-2-1-3-15(21)10-13;/h1-5,10-11H,6-9,12,21H2;1H. The van der Waals surface area contributed by atoms with Gasteiger partial charge in [-0.15, -0.1) is 12.4 Å². The molecule has 7 heteroatoms. The first-order chi connectivity index (χ1) is 11.5. The number of benzene rings is 2. The number of halogens is 3. The molecule has 0 radical (unpaired) electrons. The van der Waals surface area contributed by atoms with Gasteiger partial charge in [-0.25, -0.2) is 4.39 Å². The van der Waals surface area contributed by atoms with Crippen molar-refractivity contribution in [1.82, 2.24) is 9.80 Å². The summed E-state index contributed by atoms with van der Waals surface area (Å²) in [5.41, 5.74) is 7.77. The van der Waals surface area contributed by atoms with Crippen molar-refractivity contribution in [2.75, 3.05) is 31.9 Å². The maximum Gasteiger partial charge on any atom is 0.256 e. The molecule has 0 aliphatic carbocycles. The van der Waals surface area contributed by atoms with Crippen LogP contribution < -0.4 is 5.73 Å².